The van der Waals surface area contributed by atoms with E-state index in [9.17, 15) is 9.59 Å². The SMILES string of the molecule is Cc1ccc(C(=O)CCC(=O)NC2CCCCCCC2)cc1. The van der Waals surface area contributed by atoms with Crippen molar-refractivity contribution in [3.63, 3.8) is 0 Å². The van der Waals surface area contributed by atoms with E-state index in [0.717, 1.165) is 18.4 Å². The van der Waals surface area contributed by atoms with Gasteiger partial charge >= 0.3 is 0 Å². The molecule has 1 amide bonds. The number of aryl methyl sites for hydroxylation is 1. The number of carbonyl (C=O) groups is 2. The highest BCUT2D eigenvalue weighted by Crippen LogP contribution is 2.17. The lowest BCUT2D eigenvalue weighted by atomic mass is 9.96. The van der Waals surface area contributed by atoms with Crippen molar-refractivity contribution in [1.29, 1.82) is 0 Å². The Bertz CT molecular complexity index is 485. The maximum Gasteiger partial charge on any atom is 0.220 e. The minimum atomic E-state index is 0.0195. The Morgan fingerprint density at radius 1 is 0.955 bits per heavy atom. The molecule has 1 aromatic carbocycles. The summed E-state index contributed by atoms with van der Waals surface area (Å²) in [6.45, 7) is 2.00. The van der Waals surface area contributed by atoms with Gasteiger partial charge in [0.1, 0.15) is 0 Å². The summed E-state index contributed by atoms with van der Waals surface area (Å²) in [6.07, 6.45) is 9.03. The quantitative estimate of drug-likeness (QED) is 0.829. The van der Waals surface area contributed by atoms with E-state index >= 15 is 0 Å². The summed E-state index contributed by atoms with van der Waals surface area (Å²) in [4.78, 5) is 24.1. The number of ketones is 1. The summed E-state index contributed by atoms with van der Waals surface area (Å²) < 4.78 is 0. The van der Waals surface area contributed by atoms with Gasteiger partial charge in [-0.1, -0.05) is 61.9 Å². The Morgan fingerprint density at radius 3 is 2.18 bits per heavy atom. The fraction of sp³-hybridized carbons (Fsp3) is 0.579. The number of hydrogen-bond donors (Lipinski definition) is 1. The largest absolute Gasteiger partial charge is 0.353 e. The van der Waals surface area contributed by atoms with Crippen molar-refractivity contribution >= 4 is 11.7 Å². The van der Waals surface area contributed by atoms with Crippen molar-refractivity contribution in [3.05, 3.63) is 35.4 Å². The molecule has 3 heteroatoms. The molecule has 0 aromatic heterocycles. The summed E-state index contributed by atoms with van der Waals surface area (Å²) >= 11 is 0. The highest BCUT2D eigenvalue weighted by molar-refractivity contribution is 5.97. The Kier molecular flexibility index (Phi) is 6.63. The van der Waals surface area contributed by atoms with Crippen LogP contribution in [0.1, 0.15) is 73.7 Å². The fourth-order valence-electron chi connectivity index (χ4n) is 3.01. The average molecular weight is 301 g/mol. The van der Waals surface area contributed by atoms with Gasteiger partial charge in [0, 0.05) is 24.4 Å². The molecule has 1 fully saturated rings. The molecule has 1 aliphatic carbocycles. The number of hydrogen-bond acceptors (Lipinski definition) is 2. The normalized spacial score (nSPS) is 16.6. The lowest BCUT2D eigenvalue weighted by Crippen LogP contribution is -2.35. The molecule has 2 rings (SSSR count). The van der Waals surface area contributed by atoms with Crippen LogP contribution in [0.3, 0.4) is 0 Å². The van der Waals surface area contributed by atoms with E-state index in [-0.39, 0.29) is 11.7 Å². The van der Waals surface area contributed by atoms with Crippen molar-refractivity contribution < 1.29 is 9.59 Å². The van der Waals surface area contributed by atoms with Crippen LogP contribution >= 0.6 is 0 Å². The lowest BCUT2D eigenvalue weighted by molar-refractivity contribution is -0.121. The van der Waals surface area contributed by atoms with E-state index in [0.29, 0.717) is 24.4 Å². The molecule has 0 atom stereocenters. The monoisotopic (exact) mass is 301 g/mol. The van der Waals surface area contributed by atoms with Crippen LogP contribution in [0.2, 0.25) is 0 Å². The van der Waals surface area contributed by atoms with Gasteiger partial charge in [0.05, 0.1) is 0 Å². The van der Waals surface area contributed by atoms with Gasteiger partial charge in [0.2, 0.25) is 5.91 Å². The minimum absolute atomic E-state index is 0.0195. The molecule has 22 heavy (non-hydrogen) atoms. The molecular weight excluding hydrogens is 274 g/mol. The standard InChI is InChI=1S/C19H27NO2/c1-15-9-11-16(12-10-15)18(21)13-14-19(22)20-17-7-5-3-2-4-6-8-17/h9-12,17H,2-8,13-14H2,1H3,(H,20,22). The number of rotatable bonds is 5. The number of benzene rings is 1. The summed E-state index contributed by atoms with van der Waals surface area (Å²) in [5.41, 5.74) is 1.84. The third-order valence-electron chi connectivity index (χ3n) is 4.42. The van der Waals surface area contributed by atoms with Gasteiger partial charge in [0.25, 0.3) is 0 Å². The van der Waals surface area contributed by atoms with E-state index in [1.54, 1.807) is 0 Å². The Hall–Kier alpha value is -1.64. The fourth-order valence-corrected chi connectivity index (χ4v) is 3.01. The predicted molar refractivity (Wildman–Crippen MR) is 89.0 cm³/mol. The van der Waals surface area contributed by atoms with E-state index in [4.69, 9.17) is 0 Å². The first-order valence-electron chi connectivity index (χ1n) is 8.54. The Balaban J connectivity index is 1.74. The van der Waals surface area contributed by atoms with Crippen LogP contribution in [-0.2, 0) is 4.79 Å². The van der Waals surface area contributed by atoms with Gasteiger partial charge in [0.15, 0.2) is 5.78 Å². The smallest absolute Gasteiger partial charge is 0.220 e. The number of Topliss-reactive ketones (excluding diaryl/α,β-unsaturated/α-hetero) is 1. The second-order valence-corrected chi connectivity index (χ2v) is 6.40. The summed E-state index contributed by atoms with van der Waals surface area (Å²) in [5.74, 6) is 0.0684. The molecule has 1 saturated carbocycles. The molecule has 0 unspecified atom stereocenters. The number of nitrogens with one attached hydrogen (secondary N) is 1. The molecule has 0 aliphatic heterocycles. The molecule has 0 radical (unpaired) electrons. The zero-order valence-electron chi connectivity index (χ0n) is 13.6. The topological polar surface area (TPSA) is 46.2 Å². The molecular formula is C19H27NO2. The molecule has 0 spiro atoms. The average Bonchev–Trinajstić information content (AvgIpc) is 2.48. The molecule has 1 aromatic rings. The predicted octanol–water partition coefficient (Wildman–Crippen LogP) is 4.19. The van der Waals surface area contributed by atoms with Crippen LogP contribution in [0.4, 0.5) is 0 Å². The second-order valence-electron chi connectivity index (χ2n) is 6.40. The maximum atomic E-state index is 12.1. The molecule has 0 bridgehead atoms. The molecule has 0 saturated heterocycles. The molecule has 1 N–H and O–H groups in total. The van der Waals surface area contributed by atoms with E-state index in [1.807, 2.05) is 31.2 Å². The molecule has 0 heterocycles. The van der Waals surface area contributed by atoms with Gasteiger partial charge in [-0.2, -0.15) is 0 Å². The van der Waals surface area contributed by atoms with Gasteiger partial charge < -0.3 is 5.32 Å². The number of carbonyl (C=O) groups excluding carboxylic acids is 2. The third-order valence-corrected chi connectivity index (χ3v) is 4.42. The highest BCUT2D eigenvalue weighted by atomic mass is 16.2. The van der Waals surface area contributed by atoms with Crippen LogP contribution < -0.4 is 5.32 Å². The van der Waals surface area contributed by atoms with Gasteiger partial charge in [-0.3, -0.25) is 9.59 Å². The van der Waals surface area contributed by atoms with Crippen molar-refractivity contribution in [2.24, 2.45) is 0 Å². The first-order valence-corrected chi connectivity index (χ1v) is 8.54. The zero-order valence-corrected chi connectivity index (χ0v) is 13.6. The lowest BCUT2D eigenvalue weighted by Gasteiger charge is -2.21. The highest BCUT2D eigenvalue weighted by Gasteiger charge is 2.15. The summed E-state index contributed by atoms with van der Waals surface area (Å²) in [5, 5.41) is 3.11. The maximum absolute atomic E-state index is 12.1. The van der Waals surface area contributed by atoms with Crippen LogP contribution in [0, 0.1) is 6.92 Å². The van der Waals surface area contributed by atoms with E-state index < -0.39 is 0 Å². The van der Waals surface area contributed by atoms with Crippen LogP contribution in [-0.4, -0.2) is 17.7 Å². The number of amides is 1. The van der Waals surface area contributed by atoms with E-state index in [1.165, 1.54) is 32.1 Å². The van der Waals surface area contributed by atoms with Crippen LogP contribution in [0.25, 0.3) is 0 Å². The van der Waals surface area contributed by atoms with Gasteiger partial charge in [-0.05, 0) is 19.8 Å². The molecule has 120 valence electrons. The zero-order chi connectivity index (χ0) is 15.8. The van der Waals surface area contributed by atoms with Crippen molar-refractivity contribution in [2.45, 2.75) is 70.8 Å². The van der Waals surface area contributed by atoms with Crippen molar-refractivity contribution in [3.8, 4) is 0 Å². The van der Waals surface area contributed by atoms with Gasteiger partial charge in [-0.15, -0.1) is 0 Å². The Labute approximate surface area is 133 Å². The first-order chi connectivity index (χ1) is 10.6. The second kappa shape index (κ2) is 8.72. The minimum Gasteiger partial charge on any atom is -0.353 e. The first kappa shape index (κ1) is 16.7. The molecule has 3 nitrogen and oxygen atoms in total. The Morgan fingerprint density at radius 2 is 1.55 bits per heavy atom. The van der Waals surface area contributed by atoms with Crippen molar-refractivity contribution in [1.82, 2.24) is 5.32 Å². The van der Waals surface area contributed by atoms with E-state index in [2.05, 4.69) is 5.32 Å². The third kappa shape index (κ3) is 5.63. The molecule has 1 aliphatic rings. The summed E-state index contributed by atoms with van der Waals surface area (Å²) in [7, 11) is 0. The summed E-state index contributed by atoms with van der Waals surface area (Å²) in [6, 6.07) is 7.85. The van der Waals surface area contributed by atoms with Crippen molar-refractivity contribution in [2.75, 3.05) is 0 Å². The van der Waals surface area contributed by atoms with Crippen LogP contribution in [0.15, 0.2) is 24.3 Å². The van der Waals surface area contributed by atoms with Crippen LogP contribution in [0.5, 0.6) is 0 Å². The van der Waals surface area contributed by atoms with Gasteiger partial charge in [-0.25, -0.2) is 0 Å².